The molecule has 2 N–H and O–H groups in total. The van der Waals surface area contributed by atoms with Crippen LogP contribution in [0, 0.1) is 5.92 Å². The van der Waals surface area contributed by atoms with Gasteiger partial charge in [0.15, 0.2) is 0 Å². The molecule has 1 atom stereocenters. The molecule has 0 saturated carbocycles. The van der Waals surface area contributed by atoms with Gasteiger partial charge in [0.2, 0.25) is 0 Å². The molecule has 90 valence electrons. The van der Waals surface area contributed by atoms with Gasteiger partial charge in [0.05, 0.1) is 24.5 Å². The lowest BCUT2D eigenvalue weighted by Crippen LogP contribution is -2.31. The van der Waals surface area contributed by atoms with Crippen molar-refractivity contribution in [1.29, 1.82) is 0 Å². The van der Waals surface area contributed by atoms with E-state index in [0.717, 1.165) is 0 Å². The Labute approximate surface area is 99.2 Å². The maximum absolute atomic E-state index is 11.2. The number of ether oxygens (including phenoxy) is 1. The fraction of sp³-hybridized carbons (Fsp3) is 0.600. The molecule has 6 heteroatoms. The Bertz CT molecular complexity index is 392. The van der Waals surface area contributed by atoms with Crippen LogP contribution in [0.3, 0.4) is 0 Å². The predicted octanol–water partition coefficient (Wildman–Crippen LogP) is 1.51. The van der Waals surface area contributed by atoms with Crippen LogP contribution in [0.25, 0.3) is 0 Å². The number of hydrogen-bond acceptors (Lipinski definition) is 4. The summed E-state index contributed by atoms with van der Waals surface area (Å²) in [5.41, 5.74) is 0.132. The number of nitrogens with zero attached hydrogens (tertiary/aromatic N) is 1. The fourth-order valence-electron chi connectivity index (χ4n) is 1.26. The molecule has 0 fully saturated rings. The lowest BCUT2D eigenvalue weighted by atomic mass is 10.1. The molecular weight excluding hydrogens is 230 g/mol. The number of methoxy groups -OCH3 is 1. The molecule has 0 saturated heterocycles. The minimum atomic E-state index is -0.397. The molecule has 1 unspecified atom stereocenters. The minimum absolute atomic E-state index is 0.0890. The smallest absolute Gasteiger partial charge is 0.285 e. The average Bonchev–Trinajstić information content (AvgIpc) is 2.23. The summed E-state index contributed by atoms with van der Waals surface area (Å²) in [5.74, 6) is 0.357. The van der Waals surface area contributed by atoms with Gasteiger partial charge in [-0.1, -0.05) is 25.4 Å². The topological polar surface area (TPSA) is 67.0 Å². The molecule has 0 spiro atoms. The second-order valence-electron chi connectivity index (χ2n) is 3.88. The van der Waals surface area contributed by atoms with Gasteiger partial charge in [-0.3, -0.25) is 4.79 Å². The van der Waals surface area contributed by atoms with Crippen molar-refractivity contribution in [2.45, 2.75) is 19.9 Å². The van der Waals surface area contributed by atoms with Crippen LogP contribution in [0.1, 0.15) is 13.8 Å². The Balaban J connectivity index is 2.85. The van der Waals surface area contributed by atoms with E-state index in [1.807, 2.05) is 0 Å². The molecule has 0 amide bonds. The molecule has 0 aromatic carbocycles. The third kappa shape index (κ3) is 3.21. The van der Waals surface area contributed by atoms with E-state index in [-0.39, 0.29) is 11.1 Å². The lowest BCUT2D eigenvalue weighted by Gasteiger charge is -2.22. The molecular formula is C10H16ClN3O2. The predicted molar refractivity (Wildman–Crippen MR) is 64.0 cm³/mol. The number of H-pyrrole nitrogens is 1. The number of nitrogens with one attached hydrogen (secondary N) is 2. The summed E-state index contributed by atoms with van der Waals surface area (Å²) in [6.07, 6.45) is 1.49. The quantitative estimate of drug-likeness (QED) is 0.825. The highest BCUT2D eigenvalue weighted by atomic mass is 35.5. The Kier molecular flexibility index (Phi) is 4.76. The Morgan fingerprint density at radius 2 is 2.31 bits per heavy atom. The van der Waals surface area contributed by atoms with Crippen LogP contribution in [0.5, 0.6) is 0 Å². The number of anilines is 1. The van der Waals surface area contributed by atoms with Crippen LogP contribution in [-0.2, 0) is 4.74 Å². The summed E-state index contributed by atoms with van der Waals surface area (Å²) in [6.45, 7) is 4.66. The van der Waals surface area contributed by atoms with E-state index in [4.69, 9.17) is 16.3 Å². The van der Waals surface area contributed by atoms with Crippen LogP contribution in [-0.4, -0.2) is 30.0 Å². The summed E-state index contributed by atoms with van der Waals surface area (Å²) in [5, 5.41) is 9.23. The monoisotopic (exact) mass is 245 g/mol. The van der Waals surface area contributed by atoms with Gasteiger partial charge in [0, 0.05) is 7.11 Å². The SMILES string of the molecule is COCC(Nc1cn[nH]c(=O)c1Cl)C(C)C. The lowest BCUT2D eigenvalue weighted by molar-refractivity contribution is 0.171. The molecule has 16 heavy (non-hydrogen) atoms. The van der Waals surface area contributed by atoms with Crippen molar-refractivity contribution in [3.63, 3.8) is 0 Å². The van der Waals surface area contributed by atoms with Crippen molar-refractivity contribution in [3.8, 4) is 0 Å². The minimum Gasteiger partial charge on any atom is -0.383 e. The van der Waals surface area contributed by atoms with Crippen LogP contribution in [0.15, 0.2) is 11.0 Å². The van der Waals surface area contributed by atoms with E-state index in [0.29, 0.717) is 18.2 Å². The van der Waals surface area contributed by atoms with Crippen LogP contribution >= 0.6 is 11.6 Å². The van der Waals surface area contributed by atoms with Crippen molar-refractivity contribution >= 4 is 17.3 Å². The van der Waals surface area contributed by atoms with E-state index in [9.17, 15) is 4.79 Å². The number of hydrogen-bond donors (Lipinski definition) is 2. The van der Waals surface area contributed by atoms with Crippen molar-refractivity contribution in [3.05, 3.63) is 21.6 Å². The van der Waals surface area contributed by atoms with E-state index in [2.05, 4.69) is 29.4 Å². The first-order valence-corrected chi connectivity index (χ1v) is 5.42. The molecule has 5 nitrogen and oxygen atoms in total. The first-order chi connectivity index (χ1) is 7.56. The van der Waals surface area contributed by atoms with Gasteiger partial charge in [-0.05, 0) is 5.92 Å². The van der Waals surface area contributed by atoms with Gasteiger partial charge in [-0.25, -0.2) is 5.10 Å². The zero-order chi connectivity index (χ0) is 12.1. The number of halogens is 1. The molecule has 0 aliphatic rings. The summed E-state index contributed by atoms with van der Waals surface area (Å²) in [6, 6.07) is 0.0890. The average molecular weight is 246 g/mol. The zero-order valence-corrected chi connectivity index (χ0v) is 10.3. The third-order valence-electron chi connectivity index (χ3n) is 2.29. The summed E-state index contributed by atoms with van der Waals surface area (Å²) >= 11 is 5.86. The maximum atomic E-state index is 11.2. The third-order valence-corrected chi connectivity index (χ3v) is 2.66. The molecule has 1 aromatic heterocycles. The van der Waals surface area contributed by atoms with Crippen molar-refractivity contribution < 1.29 is 4.74 Å². The summed E-state index contributed by atoms with van der Waals surface area (Å²) < 4.78 is 5.10. The number of aromatic amines is 1. The molecule has 1 aromatic rings. The van der Waals surface area contributed by atoms with E-state index < -0.39 is 5.56 Å². The number of aromatic nitrogens is 2. The standard InChI is InChI=1S/C10H16ClN3O2/c1-6(2)8(5-16-3)13-7-4-12-14-10(15)9(7)11/h4,6,8H,5H2,1-3H3,(H2,13,14,15). The molecule has 1 heterocycles. The van der Waals surface area contributed by atoms with E-state index in [1.54, 1.807) is 7.11 Å². The van der Waals surface area contributed by atoms with Gasteiger partial charge in [-0.15, -0.1) is 0 Å². The van der Waals surface area contributed by atoms with Crippen LogP contribution in [0.4, 0.5) is 5.69 Å². The molecule has 0 bridgehead atoms. The second-order valence-corrected chi connectivity index (χ2v) is 4.25. The van der Waals surface area contributed by atoms with Crippen molar-refractivity contribution in [1.82, 2.24) is 10.2 Å². The highest BCUT2D eigenvalue weighted by molar-refractivity contribution is 6.32. The summed E-state index contributed by atoms with van der Waals surface area (Å²) in [4.78, 5) is 11.2. The molecule has 0 radical (unpaired) electrons. The van der Waals surface area contributed by atoms with Gasteiger partial charge in [0.25, 0.3) is 5.56 Å². The van der Waals surface area contributed by atoms with Crippen LogP contribution in [0.2, 0.25) is 5.02 Å². The van der Waals surface area contributed by atoms with E-state index in [1.165, 1.54) is 6.20 Å². The summed E-state index contributed by atoms with van der Waals surface area (Å²) in [7, 11) is 1.63. The zero-order valence-electron chi connectivity index (χ0n) is 9.58. The van der Waals surface area contributed by atoms with Crippen molar-refractivity contribution in [2.24, 2.45) is 5.92 Å². The largest absolute Gasteiger partial charge is 0.383 e. The second kappa shape index (κ2) is 5.86. The fourth-order valence-corrected chi connectivity index (χ4v) is 1.41. The molecule has 1 rings (SSSR count). The van der Waals surface area contributed by atoms with Gasteiger partial charge in [0.1, 0.15) is 5.02 Å². The van der Waals surface area contributed by atoms with Gasteiger partial charge < -0.3 is 10.1 Å². The van der Waals surface area contributed by atoms with Gasteiger partial charge >= 0.3 is 0 Å². The van der Waals surface area contributed by atoms with E-state index >= 15 is 0 Å². The Morgan fingerprint density at radius 3 is 2.88 bits per heavy atom. The highest BCUT2D eigenvalue weighted by Crippen LogP contribution is 2.18. The highest BCUT2D eigenvalue weighted by Gasteiger charge is 2.15. The first kappa shape index (κ1) is 13.0. The molecule has 0 aliphatic carbocycles. The van der Waals surface area contributed by atoms with Crippen molar-refractivity contribution in [2.75, 3.05) is 19.0 Å². The number of rotatable bonds is 5. The molecule has 0 aliphatic heterocycles. The van der Waals surface area contributed by atoms with Gasteiger partial charge in [-0.2, -0.15) is 5.10 Å². The maximum Gasteiger partial charge on any atom is 0.285 e. The Hall–Kier alpha value is -1.07. The van der Waals surface area contributed by atoms with Crippen LogP contribution < -0.4 is 10.9 Å². The normalized spacial score (nSPS) is 12.8. The Morgan fingerprint density at radius 1 is 1.62 bits per heavy atom. The first-order valence-electron chi connectivity index (χ1n) is 5.05.